The minimum Gasteiger partial charge on any atom is -0.381 e. The molecule has 21 heavy (non-hydrogen) atoms. The first kappa shape index (κ1) is 14.0. The molecule has 2 aromatic rings. The van der Waals surface area contributed by atoms with Crippen LogP contribution in [-0.4, -0.2) is 38.1 Å². The molecule has 0 aliphatic carbocycles. The predicted molar refractivity (Wildman–Crippen MR) is 89.9 cm³/mol. The summed E-state index contributed by atoms with van der Waals surface area (Å²) in [4.78, 5) is 4.84. The van der Waals surface area contributed by atoms with Gasteiger partial charge in [0.25, 0.3) is 0 Å². The molecule has 0 amide bonds. The maximum atomic E-state index is 3.47. The van der Waals surface area contributed by atoms with Crippen LogP contribution in [0.5, 0.6) is 0 Å². The standard InChI is InChI=1S/C18H23N3/c1-20-11-13-21(14-12-20)18-9-7-17(8-10-18)19-15-16-5-3-2-4-6-16/h2-10,19H,11-15H2,1H3. The number of piperazine rings is 1. The van der Waals surface area contributed by atoms with Crippen LogP contribution in [0.2, 0.25) is 0 Å². The molecule has 3 rings (SSSR count). The SMILES string of the molecule is CN1CCN(c2ccc(NCc3ccccc3)cc2)CC1. The third kappa shape index (κ3) is 3.76. The highest BCUT2D eigenvalue weighted by Crippen LogP contribution is 2.19. The van der Waals surface area contributed by atoms with Crippen molar-refractivity contribution in [1.82, 2.24) is 4.90 Å². The van der Waals surface area contributed by atoms with E-state index in [1.807, 2.05) is 6.07 Å². The van der Waals surface area contributed by atoms with E-state index in [-0.39, 0.29) is 0 Å². The Morgan fingerprint density at radius 3 is 2.19 bits per heavy atom. The Morgan fingerprint density at radius 2 is 1.52 bits per heavy atom. The highest BCUT2D eigenvalue weighted by Gasteiger charge is 2.13. The highest BCUT2D eigenvalue weighted by molar-refractivity contribution is 5.55. The van der Waals surface area contributed by atoms with Crippen LogP contribution in [-0.2, 0) is 6.54 Å². The molecule has 0 atom stereocenters. The number of likely N-dealkylation sites (N-methyl/N-ethyl adjacent to an activating group) is 1. The third-order valence-corrected chi connectivity index (χ3v) is 4.08. The molecular formula is C18H23N3. The molecule has 0 aromatic heterocycles. The lowest BCUT2D eigenvalue weighted by molar-refractivity contribution is 0.313. The molecule has 0 radical (unpaired) electrons. The quantitative estimate of drug-likeness (QED) is 0.929. The van der Waals surface area contributed by atoms with Crippen LogP contribution in [0, 0.1) is 0 Å². The first-order valence-electron chi connectivity index (χ1n) is 7.62. The second-order valence-electron chi connectivity index (χ2n) is 5.68. The summed E-state index contributed by atoms with van der Waals surface area (Å²) in [5, 5.41) is 3.47. The Kier molecular flexibility index (Phi) is 4.41. The van der Waals surface area contributed by atoms with Crippen LogP contribution in [0.15, 0.2) is 54.6 Å². The molecule has 1 aliphatic rings. The zero-order valence-corrected chi connectivity index (χ0v) is 12.6. The zero-order valence-electron chi connectivity index (χ0n) is 12.6. The van der Waals surface area contributed by atoms with Crippen molar-refractivity contribution in [3.05, 3.63) is 60.2 Å². The molecule has 1 N–H and O–H groups in total. The first-order valence-corrected chi connectivity index (χ1v) is 7.62. The summed E-state index contributed by atoms with van der Waals surface area (Å²) in [5.41, 5.74) is 3.81. The summed E-state index contributed by atoms with van der Waals surface area (Å²) in [6, 6.07) is 19.3. The van der Waals surface area contributed by atoms with Crippen molar-refractivity contribution in [2.24, 2.45) is 0 Å². The van der Waals surface area contributed by atoms with Crippen molar-refractivity contribution in [3.8, 4) is 0 Å². The topological polar surface area (TPSA) is 18.5 Å². The molecule has 1 fully saturated rings. The van der Waals surface area contributed by atoms with Gasteiger partial charge in [-0.15, -0.1) is 0 Å². The minimum absolute atomic E-state index is 0.870. The molecule has 3 heteroatoms. The second kappa shape index (κ2) is 6.64. The second-order valence-corrected chi connectivity index (χ2v) is 5.68. The molecule has 110 valence electrons. The van der Waals surface area contributed by atoms with Crippen LogP contribution < -0.4 is 10.2 Å². The lowest BCUT2D eigenvalue weighted by Crippen LogP contribution is -2.44. The maximum absolute atomic E-state index is 3.47. The molecule has 2 aromatic carbocycles. The van der Waals surface area contributed by atoms with Crippen LogP contribution >= 0.6 is 0 Å². The van der Waals surface area contributed by atoms with Crippen molar-refractivity contribution in [1.29, 1.82) is 0 Å². The highest BCUT2D eigenvalue weighted by atomic mass is 15.2. The van der Waals surface area contributed by atoms with Gasteiger partial charge in [0, 0.05) is 44.1 Å². The first-order chi connectivity index (χ1) is 10.3. The molecule has 0 saturated carbocycles. The van der Waals surface area contributed by atoms with Crippen molar-refractivity contribution in [2.45, 2.75) is 6.54 Å². The van der Waals surface area contributed by atoms with Crippen LogP contribution in [0.4, 0.5) is 11.4 Å². The molecule has 1 aliphatic heterocycles. The maximum Gasteiger partial charge on any atom is 0.0400 e. The van der Waals surface area contributed by atoms with E-state index >= 15 is 0 Å². The summed E-state index contributed by atoms with van der Waals surface area (Å²) in [5.74, 6) is 0. The smallest absolute Gasteiger partial charge is 0.0400 e. The lowest BCUT2D eigenvalue weighted by Gasteiger charge is -2.34. The molecular weight excluding hydrogens is 258 g/mol. The minimum atomic E-state index is 0.870. The summed E-state index contributed by atoms with van der Waals surface area (Å²) in [6.45, 7) is 5.40. The van der Waals surface area contributed by atoms with E-state index < -0.39 is 0 Å². The average Bonchev–Trinajstić information content (AvgIpc) is 2.55. The number of rotatable bonds is 4. The monoisotopic (exact) mass is 281 g/mol. The van der Waals surface area contributed by atoms with Gasteiger partial charge in [0.1, 0.15) is 0 Å². The molecule has 1 saturated heterocycles. The fraction of sp³-hybridized carbons (Fsp3) is 0.333. The Balaban J connectivity index is 1.57. The van der Waals surface area contributed by atoms with E-state index in [4.69, 9.17) is 0 Å². The van der Waals surface area contributed by atoms with Crippen molar-refractivity contribution >= 4 is 11.4 Å². The Morgan fingerprint density at radius 1 is 0.857 bits per heavy atom. The molecule has 0 bridgehead atoms. The van der Waals surface area contributed by atoms with E-state index in [1.54, 1.807) is 0 Å². The van der Waals surface area contributed by atoms with E-state index in [2.05, 4.69) is 70.7 Å². The summed E-state index contributed by atoms with van der Waals surface area (Å²) < 4.78 is 0. The molecule has 3 nitrogen and oxygen atoms in total. The number of hydrogen-bond donors (Lipinski definition) is 1. The molecule has 0 spiro atoms. The van der Waals surface area contributed by atoms with Gasteiger partial charge in [0.15, 0.2) is 0 Å². The normalized spacial score (nSPS) is 16.0. The number of benzene rings is 2. The van der Waals surface area contributed by atoms with Gasteiger partial charge in [-0.25, -0.2) is 0 Å². The van der Waals surface area contributed by atoms with Gasteiger partial charge < -0.3 is 15.1 Å². The van der Waals surface area contributed by atoms with Crippen molar-refractivity contribution in [3.63, 3.8) is 0 Å². The Labute approximate surface area is 127 Å². The van der Waals surface area contributed by atoms with E-state index in [9.17, 15) is 0 Å². The van der Waals surface area contributed by atoms with E-state index in [1.165, 1.54) is 16.9 Å². The van der Waals surface area contributed by atoms with Crippen LogP contribution in [0.3, 0.4) is 0 Å². The van der Waals surface area contributed by atoms with Crippen molar-refractivity contribution < 1.29 is 0 Å². The van der Waals surface area contributed by atoms with Gasteiger partial charge >= 0.3 is 0 Å². The van der Waals surface area contributed by atoms with Gasteiger partial charge in [-0.3, -0.25) is 0 Å². The third-order valence-electron chi connectivity index (χ3n) is 4.08. The summed E-state index contributed by atoms with van der Waals surface area (Å²) in [6.07, 6.45) is 0. The van der Waals surface area contributed by atoms with Gasteiger partial charge in [-0.05, 0) is 36.9 Å². The predicted octanol–water partition coefficient (Wildman–Crippen LogP) is 3.05. The lowest BCUT2D eigenvalue weighted by atomic mass is 10.2. The fourth-order valence-electron chi connectivity index (χ4n) is 2.65. The zero-order chi connectivity index (χ0) is 14.5. The summed E-state index contributed by atoms with van der Waals surface area (Å²) >= 11 is 0. The van der Waals surface area contributed by atoms with Crippen molar-refractivity contribution in [2.75, 3.05) is 43.4 Å². The molecule has 1 heterocycles. The largest absolute Gasteiger partial charge is 0.381 e. The van der Waals surface area contributed by atoms with Gasteiger partial charge in [0.2, 0.25) is 0 Å². The van der Waals surface area contributed by atoms with Gasteiger partial charge in [-0.1, -0.05) is 30.3 Å². The number of nitrogens with zero attached hydrogens (tertiary/aromatic N) is 2. The van der Waals surface area contributed by atoms with E-state index in [0.29, 0.717) is 0 Å². The van der Waals surface area contributed by atoms with Crippen LogP contribution in [0.1, 0.15) is 5.56 Å². The average molecular weight is 281 g/mol. The van der Waals surface area contributed by atoms with Gasteiger partial charge in [0.05, 0.1) is 0 Å². The molecule has 0 unspecified atom stereocenters. The fourth-order valence-corrected chi connectivity index (χ4v) is 2.65. The van der Waals surface area contributed by atoms with Crippen LogP contribution in [0.25, 0.3) is 0 Å². The number of anilines is 2. The number of hydrogen-bond acceptors (Lipinski definition) is 3. The number of nitrogens with one attached hydrogen (secondary N) is 1. The van der Waals surface area contributed by atoms with Gasteiger partial charge in [-0.2, -0.15) is 0 Å². The summed E-state index contributed by atoms with van der Waals surface area (Å²) in [7, 11) is 2.19. The Bertz CT molecular complexity index is 542. The van der Waals surface area contributed by atoms with E-state index in [0.717, 1.165) is 32.7 Å². The Hall–Kier alpha value is -2.00.